The lowest BCUT2D eigenvalue weighted by Gasteiger charge is -2.10. The van der Waals surface area contributed by atoms with Gasteiger partial charge in [0, 0.05) is 34.0 Å². The Labute approximate surface area is 186 Å². The van der Waals surface area contributed by atoms with Gasteiger partial charge >= 0.3 is 11.3 Å². The van der Waals surface area contributed by atoms with Gasteiger partial charge in [0.05, 0.1) is 12.7 Å². The molecule has 164 valence electrons. The van der Waals surface area contributed by atoms with Crippen molar-refractivity contribution in [3.63, 3.8) is 0 Å². The third-order valence-corrected chi connectivity index (χ3v) is 5.30. The van der Waals surface area contributed by atoms with Crippen molar-refractivity contribution in [3.05, 3.63) is 105 Å². The van der Waals surface area contributed by atoms with Gasteiger partial charge in [-0.15, -0.1) is 0 Å². The fraction of sp³-hybridized carbons (Fsp3) is 0.0769. The minimum absolute atomic E-state index is 0.0121. The van der Waals surface area contributed by atoms with Crippen molar-refractivity contribution in [2.45, 2.75) is 6.61 Å². The molecule has 2 heterocycles. The number of rotatable bonds is 5. The molecule has 0 saturated heterocycles. The van der Waals surface area contributed by atoms with Crippen molar-refractivity contribution in [2.75, 3.05) is 7.11 Å². The number of methoxy groups -OCH3 is 1. The molecule has 2 aromatic heterocycles. The average molecular weight is 444 g/mol. The Morgan fingerprint density at radius 2 is 1.73 bits per heavy atom. The van der Waals surface area contributed by atoms with Crippen LogP contribution in [0.1, 0.15) is 5.56 Å². The van der Waals surface area contributed by atoms with E-state index in [0.29, 0.717) is 39.0 Å². The minimum atomic E-state index is -0.631. The van der Waals surface area contributed by atoms with Gasteiger partial charge in [-0.25, -0.2) is 14.0 Å². The maximum Gasteiger partial charge on any atom is 0.344 e. The summed E-state index contributed by atoms with van der Waals surface area (Å²) in [7, 11) is 1.49. The predicted molar refractivity (Wildman–Crippen MR) is 121 cm³/mol. The van der Waals surface area contributed by atoms with Crippen molar-refractivity contribution in [3.8, 4) is 22.6 Å². The molecule has 0 aliphatic heterocycles. The number of ether oxygens (including phenoxy) is 2. The highest BCUT2D eigenvalue weighted by Gasteiger charge is 2.16. The van der Waals surface area contributed by atoms with Gasteiger partial charge in [0.15, 0.2) is 11.3 Å². The molecular formula is C26H17FO6. The van der Waals surface area contributed by atoms with Gasteiger partial charge in [0.2, 0.25) is 0 Å². The Bertz CT molecular complexity index is 1620. The van der Waals surface area contributed by atoms with E-state index in [0.717, 1.165) is 0 Å². The van der Waals surface area contributed by atoms with Crippen LogP contribution in [0.2, 0.25) is 0 Å². The van der Waals surface area contributed by atoms with Crippen LogP contribution in [0.15, 0.2) is 91.2 Å². The Kier molecular flexibility index (Phi) is 5.14. The van der Waals surface area contributed by atoms with Gasteiger partial charge in [-0.2, -0.15) is 0 Å². The highest BCUT2D eigenvalue weighted by molar-refractivity contribution is 5.96. The summed E-state index contributed by atoms with van der Waals surface area (Å²) in [5, 5.41) is 1.18. The van der Waals surface area contributed by atoms with Gasteiger partial charge in [-0.1, -0.05) is 30.3 Å². The normalized spacial score (nSPS) is 11.1. The molecule has 0 amide bonds. The van der Waals surface area contributed by atoms with Crippen molar-refractivity contribution >= 4 is 21.9 Å². The second-order valence-corrected chi connectivity index (χ2v) is 7.34. The molecule has 0 fully saturated rings. The summed E-state index contributed by atoms with van der Waals surface area (Å²) < 4.78 is 35.6. The van der Waals surface area contributed by atoms with Crippen molar-refractivity contribution in [2.24, 2.45) is 0 Å². The number of para-hydroxylation sites is 1. The molecule has 0 N–H and O–H groups in total. The van der Waals surface area contributed by atoms with E-state index in [-0.39, 0.29) is 23.6 Å². The number of hydrogen-bond acceptors (Lipinski definition) is 6. The van der Waals surface area contributed by atoms with E-state index in [2.05, 4.69) is 0 Å². The van der Waals surface area contributed by atoms with E-state index in [1.165, 1.54) is 25.3 Å². The minimum Gasteiger partial charge on any atom is -0.493 e. The quantitative estimate of drug-likeness (QED) is 0.343. The van der Waals surface area contributed by atoms with E-state index < -0.39 is 11.3 Å². The van der Waals surface area contributed by atoms with Gasteiger partial charge < -0.3 is 18.3 Å². The van der Waals surface area contributed by atoms with Gasteiger partial charge in [0.1, 0.15) is 23.8 Å². The van der Waals surface area contributed by atoms with Gasteiger partial charge in [-0.3, -0.25) is 0 Å². The highest BCUT2D eigenvalue weighted by Crippen LogP contribution is 2.32. The molecule has 6 nitrogen and oxygen atoms in total. The lowest BCUT2D eigenvalue weighted by Crippen LogP contribution is -2.07. The van der Waals surface area contributed by atoms with E-state index >= 15 is 0 Å². The highest BCUT2D eigenvalue weighted by atomic mass is 19.1. The summed E-state index contributed by atoms with van der Waals surface area (Å²) in [5.41, 5.74) is 0.303. The van der Waals surface area contributed by atoms with Crippen LogP contribution >= 0.6 is 0 Å². The second kappa shape index (κ2) is 8.27. The Balaban J connectivity index is 1.58. The monoisotopic (exact) mass is 444 g/mol. The zero-order valence-corrected chi connectivity index (χ0v) is 17.5. The first-order chi connectivity index (χ1) is 16.0. The average Bonchev–Trinajstić information content (AvgIpc) is 2.82. The summed E-state index contributed by atoms with van der Waals surface area (Å²) in [6.45, 7) is 0.0121. The third kappa shape index (κ3) is 3.85. The van der Waals surface area contributed by atoms with Crippen molar-refractivity contribution in [1.29, 1.82) is 0 Å². The molecule has 0 unspecified atom stereocenters. The number of benzene rings is 3. The molecule has 0 aliphatic carbocycles. The van der Waals surface area contributed by atoms with Crippen LogP contribution in [0.4, 0.5) is 4.39 Å². The fourth-order valence-corrected chi connectivity index (χ4v) is 3.70. The van der Waals surface area contributed by atoms with Crippen LogP contribution in [-0.4, -0.2) is 7.11 Å². The first kappa shape index (κ1) is 20.5. The summed E-state index contributed by atoms with van der Waals surface area (Å²) >= 11 is 0. The van der Waals surface area contributed by atoms with E-state index in [4.69, 9.17) is 18.3 Å². The molecule has 0 bridgehead atoms. The van der Waals surface area contributed by atoms with Crippen LogP contribution in [0.3, 0.4) is 0 Å². The second-order valence-electron chi connectivity index (χ2n) is 7.34. The third-order valence-electron chi connectivity index (χ3n) is 5.30. The fourth-order valence-electron chi connectivity index (χ4n) is 3.70. The summed E-state index contributed by atoms with van der Waals surface area (Å²) in [5.74, 6) is 0.457. The standard InChI is InChI=1S/C26H17FO6/c1-30-22-8-4-6-15-11-20(26(29)33-25(15)22)19-13-24(28)32-23-12-17(9-10-18(19)23)31-14-16-5-2-3-7-21(16)27/h2-13H,14H2,1H3. The van der Waals surface area contributed by atoms with E-state index in [1.54, 1.807) is 54.6 Å². The molecule has 33 heavy (non-hydrogen) atoms. The molecule has 0 atom stereocenters. The molecule has 7 heteroatoms. The smallest absolute Gasteiger partial charge is 0.344 e. The van der Waals surface area contributed by atoms with Crippen molar-refractivity contribution in [1.82, 2.24) is 0 Å². The number of hydrogen-bond donors (Lipinski definition) is 0. The van der Waals surface area contributed by atoms with Gasteiger partial charge in [0.25, 0.3) is 0 Å². The SMILES string of the molecule is COc1cccc2cc(-c3cc(=O)oc4cc(OCc5ccccc5F)ccc34)c(=O)oc12. The summed E-state index contributed by atoms with van der Waals surface area (Å²) in [4.78, 5) is 25.1. The van der Waals surface area contributed by atoms with Crippen LogP contribution in [0.25, 0.3) is 33.1 Å². The largest absolute Gasteiger partial charge is 0.493 e. The maximum absolute atomic E-state index is 13.8. The van der Waals surface area contributed by atoms with Gasteiger partial charge in [-0.05, 0) is 30.3 Å². The van der Waals surface area contributed by atoms with E-state index in [1.807, 2.05) is 0 Å². The number of fused-ring (bicyclic) bond motifs is 2. The molecule has 5 rings (SSSR count). The molecule has 0 spiro atoms. The Morgan fingerprint density at radius 3 is 2.55 bits per heavy atom. The molecule has 3 aromatic carbocycles. The Hall–Kier alpha value is -4.39. The summed E-state index contributed by atoms with van der Waals surface area (Å²) in [6, 6.07) is 19.3. The molecular weight excluding hydrogens is 427 g/mol. The Morgan fingerprint density at radius 1 is 0.879 bits per heavy atom. The zero-order chi connectivity index (χ0) is 22.9. The van der Waals surface area contributed by atoms with Crippen LogP contribution in [-0.2, 0) is 6.61 Å². The molecule has 0 aliphatic rings. The predicted octanol–water partition coefficient (Wildman–Crippen LogP) is 5.29. The topological polar surface area (TPSA) is 78.9 Å². The molecule has 0 radical (unpaired) electrons. The molecule has 0 saturated carbocycles. The van der Waals surface area contributed by atoms with E-state index in [9.17, 15) is 14.0 Å². The first-order valence-electron chi connectivity index (χ1n) is 10.1. The van der Waals surface area contributed by atoms with Crippen molar-refractivity contribution < 1.29 is 22.7 Å². The van der Waals surface area contributed by atoms with Crippen LogP contribution < -0.4 is 20.7 Å². The van der Waals surface area contributed by atoms with Crippen LogP contribution in [0.5, 0.6) is 11.5 Å². The lowest BCUT2D eigenvalue weighted by atomic mass is 10.0. The van der Waals surface area contributed by atoms with Crippen LogP contribution in [0, 0.1) is 5.82 Å². The molecule has 5 aromatic rings. The zero-order valence-electron chi connectivity index (χ0n) is 17.5. The number of halogens is 1. The summed E-state index contributed by atoms with van der Waals surface area (Å²) in [6.07, 6.45) is 0. The lowest BCUT2D eigenvalue weighted by molar-refractivity contribution is 0.300. The maximum atomic E-state index is 13.8. The first-order valence-corrected chi connectivity index (χ1v) is 10.1.